The van der Waals surface area contributed by atoms with Crippen LogP contribution in [0.3, 0.4) is 0 Å². The molecular weight excluding hydrogens is 488 g/mol. The number of amides is 1. The second-order valence-electron chi connectivity index (χ2n) is 11.9. The Morgan fingerprint density at radius 2 is 1.69 bits per heavy atom. The van der Waals surface area contributed by atoms with Gasteiger partial charge in [0, 0.05) is 30.6 Å². The van der Waals surface area contributed by atoms with Crippen molar-refractivity contribution in [3.63, 3.8) is 0 Å². The maximum atomic E-state index is 13.3. The van der Waals surface area contributed by atoms with Crippen molar-refractivity contribution in [2.24, 2.45) is 5.92 Å². The molecule has 0 spiro atoms. The molecule has 2 aliphatic carbocycles. The van der Waals surface area contributed by atoms with Gasteiger partial charge in [0.25, 0.3) is 0 Å². The van der Waals surface area contributed by atoms with Gasteiger partial charge >= 0.3 is 12.1 Å². The molecule has 1 N–H and O–H groups in total. The van der Waals surface area contributed by atoms with Crippen LogP contribution in [0.15, 0.2) is 60.7 Å². The van der Waals surface area contributed by atoms with E-state index < -0.39 is 5.60 Å². The molecule has 6 nitrogen and oxygen atoms in total. The molecule has 0 radical (unpaired) electrons. The predicted octanol–water partition coefficient (Wildman–Crippen LogP) is 6.99. The summed E-state index contributed by atoms with van der Waals surface area (Å²) in [7, 11) is 1.38. The van der Waals surface area contributed by atoms with Crippen LogP contribution < -0.4 is 5.32 Å². The Bertz CT molecular complexity index is 1150. The molecule has 2 aromatic rings. The van der Waals surface area contributed by atoms with E-state index in [4.69, 9.17) is 9.47 Å². The summed E-state index contributed by atoms with van der Waals surface area (Å²) in [6.45, 7) is 8.28. The summed E-state index contributed by atoms with van der Waals surface area (Å²) in [5, 5.41) is 3.93. The zero-order valence-corrected chi connectivity index (χ0v) is 24.1. The molecule has 2 aliphatic rings. The minimum absolute atomic E-state index is 0.0922. The Balaban J connectivity index is 1.38. The second kappa shape index (κ2) is 12.8. The summed E-state index contributed by atoms with van der Waals surface area (Å²) < 4.78 is 10.7. The number of allylic oxidation sites excluding steroid dienone is 1. The van der Waals surface area contributed by atoms with Crippen LogP contribution in [0.2, 0.25) is 0 Å². The first-order valence-electron chi connectivity index (χ1n) is 14.4. The molecule has 6 heteroatoms. The lowest BCUT2D eigenvalue weighted by atomic mass is 9.89. The number of benzene rings is 2. The molecule has 2 fully saturated rings. The lowest BCUT2D eigenvalue weighted by Gasteiger charge is -2.38. The van der Waals surface area contributed by atoms with E-state index >= 15 is 0 Å². The van der Waals surface area contributed by atoms with E-state index in [1.165, 1.54) is 24.7 Å². The van der Waals surface area contributed by atoms with Gasteiger partial charge in [0.15, 0.2) is 0 Å². The van der Waals surface area contributed by atoms with Crippen molar-refractivity contribution >= 4 is 17.6 Å². The number of methoxy groups -OCH3 is 1. The number of hydrogen-bond acceptors (Lipinski definition) is 5. The Morgan fingerprint density at radius 3 is 2.33 bits per heavy atom. The highest BCUT2D eigenvalue weighted by Crippen LogP contribution is 2.43. The number of nitrogens with one attached hydrogen (secondary N) is 1. The molecule has 1 amide bonds. The molecule has 0 aromatic heterocycles. The lowest BCUT2D eigenvalue weighted by Crippen LogP contribution is -2.47. The first-order chi connectivity index (χ1) is 18.7. The number of nitrogens with zero attached hydrogens (tertiary/aromatic N) is 1. The van der Waals surface area contributed by atoms with Gasteiger partial charge in [0.1, 0.15) is 5.60 Å². The number of hydrogen-bond donors (Lipinski definition) is 1. The van der Waals surface area contributed by atoms with Gasteiger partial charge in [0.05, 0.1) is 12.7 Å². The van der Waals surface area contributed by atoms with Crippen LogP contribution in [0.4, 0.5) is 4.79 Å². The maximum Gasteiger partial charge on any atom is 0.410 e. The third-order valence-electron chi connectivity index (χ3n) is 7.64. The molecule has 210 valence electrons. The van der Waals surface area contributed by atoms with Gasteiger partial charge in [-0.05, 0) is 88.1 Å². The maximum absolute atomic E-state index is 13.3. The number of rotatable bonds is 9. The quantitative estimate of drug-likeness (QED) is 0.353. The highest BCUT2D eigenvalue weighted by Gasteiger charge is 2.42. The van der Waals surface area contributed by atoms with Gasteiger partial charge in [-0.15, -0.1) is 0 Å². The highest BCUT2D eigenvalue weighted by atomic mass is 16.6. The van der Waals surface area contributed by atoms with Crippen molar-refractivity contribution in [2.75, 3.05) is 7.11 Å². The monoisotopic (exact) mass is 532 g/mol. The van der Waals surface area contributed by atoms with Gasteiger partial charge in [-0.3, -0.25) is 0 Å². The van der Waals surface area contributed by atoms with Crippen LogP contribution in [0, 0.1) is 5.92 Å². The van der Waals surface area contributed by atoms with Crippen molar-refractivity contribution in [3.05, 3.63) is 77.4 Å². The lowest BCUT2D eigenvalue weighted by molar-refractivity contribution is 0.00876. The summed E-state index contributed by atoms with van der Waals surface area (Å²) in [5.74, 6) is 0.195. The van der Waals surface area contributed by atoms with E-state index in [2.05, 4.69) is 48.6 Å². The fraction of sp³-hybridized carbons (Fsp3) is 0.515. The molecule has 0 saturated heterocycles. The molecule has 4 rings (SSSR count). The van der Waals surface area contributed by atoms with E-state index in [0.717, 1.165) is 37.7 Å². The summed E-state index contributed by atoms with van der Waals surface area (Å²) in [6.07, 6.45) is 8.18. The Hall–Kier alpha value is -3.12. The summed E-state index contributed by atoms with van der Waals surface area (Å²) >= 11 is 0. The SMILES string of the molecule is CCC=C(c1ccccc1)[C@@H]1C[C@H]1NC1CCC(N(Cc2cccc(C(=O)OC)c2)C(=O)OC(C)(C)C)CC1. The molecule has 0 heterocycles. The first kappa shape index (κ1) is 28.9. The first-order valence-corrected chi connectivity index (χ1v) is 14.4. The smallest absolute Gasteiger partial charge is 0.410 e. The Labute approximate surface area is 233 Å². The standard InChI is InChI=1S/C33H44N2O4/c1-6-11-28(24-13-8-7-9-14-24)29-21-30(29)34-26-16-18-27(19-17-26)35(32(37)39-33(2,3)4)22-23-12-10-15-25(20-23)31(36)38-5/h7-15,20,26-27,29-30,34H,6,16-19,21-22H2,1-5H3/t26?,27?,29-,30+/m0/s1. The molecule has 2 saturated carbocycles. The molecule has 0 aliphatic heterocycles. The van der Waals surface area contributed by atoms with Gasteiger partial charge < -0.3 is 19.7 Å². The minimum atomic E-state index is -0.578. The number of esters is 1. The molecule has 2 atom stereocenters. The number of ether oxygens (including phenoxy) is 2. The van der Waals surface area contributed by atoms with E-state index in [1.807, 2.05) is 37.8 Å². The number of carbonyl (C=O) groups is 2. The predicted molar refractivity (Wildman–Crippen MR) is 155 cm³/mol. The third-order valence-corrected chi connectivity index (χ3v) is 7.64. The van der Waals surface area contributed by atoms with Crippen molar-refractivity contribution < 1.29 is 19.1 Å². The molecular formula is C33H44N2O4. The van der Waals surface area contributed by atoms with Crippen molar-refractivity contribution in [1.29, 1.82) is 0 Å². The van der Waals surface area contributed by atoms with E-state index in [9.17, 15) is 9.59 Å². The van der Waals surface area contributed by atoms with Gasteiger partial charge in [-0.1, -0.05) is 55.5 Å². The van der Waals surface area contributed by atoms with Crippen LogP contribution in [0.5, 0.6) is 0 Å². The molecule has 0 unspecified atom stereocenters. The second-order valence-corrected chi connectivity index (χ2v) is 11.9. The molecule has 2 aromatic carbocycles. The summed E-state index contributed by atoms with van der Waals surface area (Å²) in [6, 6.07) is 19.1. The minimum Gasteiger partial charge on any atom is -0.465 e. The van der Waals surface area contributed by atoms with Crippen LogP contribution in [0.1, 0.15) is 87.7 Å². The molecule has 39 heavy (non-hydrogen) atoms. The summed E-state index contributed by atoms with van der Waals surface area (Å²) in [4.78, 5) is 27.2. The van der Waals surface area contributed by atoms with E-state index in [1.54, 1.807) is 12.1 Å². The third kappa shape index (κ3) is 7.95. The fourth-order valence-electron chi connectivity index (χ4n) is 5.69. The Kier molecular flexibility index (Phi) is 9.49. The van der Waals surface area contributed by atoms with Crippen molar-refractivity contribution in [2.45, 2.75) is 96.5 Å². The van der Waals surface area contributed by atoms with Gasteiger partial charge in [0.2, 0.25) is 0 Å². The zero-order valence-electron chi connectivity index (χ0n) is 24.1. The average Bonchev–Trinajstić information content (AvgIpc) is 3.68. The van der Waals surface area contributed by atoms with E-state index in [-0.39, 0.29) is 18.1 Å². The molecule has 0 bridgehead atoms. The largest absolute Gasteiger partial charge is 0.465 e. The average molecular weight is 533 g/mol. The van der Waals surface area contributed by atoms with Crippen LogP contribution in [0.25, 0.3) is 5.57 Å². The van der Waals surface area contributed by atoms with Gasteiger partial charge in [-0.2, -0.15) is 0 Å². The van der Waals surface area contributed by atoms with E-state index in [0.29, 0.717) is 30.1 Å². The summed E-state index contributed by atoms with van der Waals surface area (Å²) in [5.41, 5.74) is 3.60. The topological polar surface area (TPSA) is 67.9 Å². The van der Waals surface area contributed by atoms with Crippen molar-refractivity contribution in [1.82, 2.24) is 10.2 Å². The van der Waals surface area contributed by atoms with Crippen molar-refractivity contribution in [3.8, 4) is 0 Å². The zero-order chi connectivity index (χ0) is 28.0. The van der Waals surface area contributed by atoms with Crippen LogP contribution in [-0.4, -0.2) is 47.8 Å². The Morgan fingerprint density at radius 1 is 1.00 bits per heavy atom. The van der Waals surface area contributed by atoms with Crippen LogP contribution in [-0.2, 0) is 16.0 Å². The van der Waals surface area contributed by atoms with Gasteiger partial charge in [-0.25, -0.2) is 9.59 Å². The highest BCUT2D eigenvalue weighted by molar-refractivity contribution is 5.89. The van der Waals surface area contributed by atoms with Crippen LogP contribution >= 0.6 is 0 Å². The fourth-order valence-corrected chi connectivity index (χ4v) is 5.69. The number of carbonyl (C=O) groups excluding carboxylic acids is 2. The normalized spacial score (nSPS) is 23.2.